The third-order valence-electron chi connectivity index (χ3n) is 2.78. The van der Waals surface area contributed by atoms with Crippen molar-refractivity contribution in [3.8, 4) is 0 Å². The first-order chi connectivity index (χ1) is 9.78. The molecule has 120 valence electrons. The number of ether oxygens (including phenoxy) is 1. The zero-order valence-electron chi connectivity index (χ0n) is 12.0. The summed E-state index contributed by atoms with van der Waals surface area (Å²) in [6.45, 7) is -0.114. The molecule has 0 aliphatic carbocycles. The largest absolute Gasteiger partial charge is 0.384 e. The van der Waals surface area contributed by atoms with E-state index in [4.69, 9.17) is 0 Å². The van der Waals surface area contributed by atoms with Gasteiger partial charge in [-0.05, 0) is 12.1 Å². The van der Waals surface area contributed by atoms with E-state index in [1.165, 1.54) is 14.2 Å². The van der Waals surface area contributed by atoms with Crippen LogP contribution >= 0.6 is 0 Å². The van der Waals surface area contributed by atoms with E-state index in [1.54, 1.807) is 30.3 Å². The van der Waals surface area contributed by atoms with Gasteiger partial charge in [0, 0.05) is 20.7 Å². The number of methoxy groups -OCH3 is 1. The minimum absolute atomic E-state index is 0.0615. The molecule has 0 heterocycles. The van der Waals surface area contributed by atoms with Crippen LogP contribution in [0.5, 0.6) is 0 Å². The van der Waals surface area contributed by atoms with Gasteiger partial charge in [-0.1, -0.05) is 18.2 Å². The molecule has 0 atom stereocenters. The lowest BCUT2D eigenvalue weighted by Crippen LogP contribution is -2.37. The maximum absolute atomic E-state index is 12.1. The lowest BCUT2D eigenvalue weighted by Gasteiger charge is -2.19. The standard InChI is InChI=1S/C12H20N2O5S2/c1-14(12-6-4-3-5-7-12)21(17,18)10-8-13-20(15,16)11-9-19-2/h3-7,13H,8-11H2,1-2H3. The second kappa shape index (κ2) is 7.74. The van der Waals surface area contributed by atoms with Crippen LogP contribution in [0.15, 0.2) is 30.3 Å². The van der Waals surface area contributed by atoms with Crippen LogP contribution in [-0.4, -0.2) is 55.7 Å². The molecule has 1 aromatic carbocycles. The van der Waals surface area contributed by atoms with Crippen molar-refractivity contribution >= 4 is 25.7 Å². The van der Waals surface area contributed by atoms with E-state index in [9.17, 15) is 16.8 Å². The second-order valence-corrected chi connectivity index (χ2v) is 8.37. The SMILES string of the molecule is COCCS(=O)(=O)NCCS(=O)(=O)N(C)c1ccccc1. The molecule has 0 aliphatic rings. The number of hydrogen-bond donors (Lipinski definition) is 1. The van der Waals surface area contributed by atoms with E-state index in [1.807, 2.05) is 0 Å². The number of nitrogens with one attached hydrogen (secondary N) is 1. The van der Waals surface area contributed by atoms with E-state index in [2.05, 4.69) is 9.46 Å². The Balaban J connectivity index is 2.58. The van der Waals surface area contributed by atoms with Crippen LogP contribution in [0.4, 0.5) is 5.69 Å². The minimum atomic E-state index is -3.58. The summed E-state index contributed by atoms with van der Waals surface area (Å²) in [5.41, 5.74) is 0.528. The molecule has 0 saturated heterocycles. The van der Waals surface area contributed by atoms with Crippen molar-refractivity contribution in [3.63, 3.8) is 0 Å². The quantitative estimate of drug-likeness (QED) is 0.686. The molecule has 0 radical (unpaired) electrons. The van der Waals surface area contributed by atoms with E-state index in [-0.39, 0.29) is 24.7 Å². The molecule has 0 unspecified atom stereocenters. The molecule has 0 saturated carbocycles. The molecule has 1 aromatic rings. The van der Waals surface area contributed by atoms with Gasteiger partial charge in [-0.15, -0.1) is 0 Å². The Bertz CT molecular complexity index is 629. The molecule has 0 bridgehead atoms. The topological polar surface area (TPSA) is 92.8 Å². The number of nitrogens with zero attached hydrogens (tertiary/aromatic N) is 1. The smallest absolute Gasteiger partial charge is 0.236 e. The van der Waals surface area contributed by atoms with Crippen molar-refractivity contribution in [1.82, 2.24) is 4.72 Å². The van der Waals surface area contributed by atoms with Crippen LogP contribution in [-0.2, 0) is 24.8 Å². The minimum Gasteiger partial charge on any atom is -0.384 e. The van der Waals surface area contributed by atoms with Crippen molar-refractivity contribution in [2.24, 2.45) is 0 Å². The third-order valence-corrected chi connectivity index (χ3v) is 5.89. The predicted octanol–water partition coefficient (Wildman–Crippen LogP) is 0.0184. The number of rotatable bonds is 9. The summed E-state index contributed by atoms with van der Waals surface area (Å²) >= 11 is 0. The van der Waals surface area contributed by atoms with Crippen molar-refractivity contribution < 1.29 is 21.6 Å². The van der Waals surface area contributed by atoms with Crippen molar-refractivity contribution in [2.75, 3.05) is 43.1 Å². The van der Waals surface area contributed by atoms with Gasteiger partial charge in [0.15, 0.2) is 0 Å². The molecule has 0 amide bonds. The van der Waals surface area contributed by atoms with E-state index >= 15 is 0 Å². The predicted molar refractivity (Wildman–Crippen MR) is 82.3 cm³/mol. The monoisotopic (exact) mass is 336 g/mol. The highest BCUT2D eigenvalue weighted by molar-refractivity contribution is 7.93. The van der Waals surface area contributed by atoms with Crippen LogP contribution < -0.4 is 9.03 Å². The van der Waals surface area contributed by atoms with Gasteiger partial charge in [0.05, 0.1) is 23.8 Å². The van der Waals surface area contributed by atoms with Crippen molar-refractivity contribution in [2.45, 2.75) is 0 Å². The Hall–Kier alpha value is -1.16. The average Bonchev–Trinajstić information content (AvgIpc) is 2.45. The summed E-state index contributed by atoms with van der Waals surface area (Å²) in [6, 6.07) is 8.58. The van der Waals surface area contributed by atoms with Crippen molar-refractivity contribution in [1.29, 1.82) is 0 Å². The highest BCUT2D eigenvalue weighted by Crippen LogP contribution is 2.14. The number of hydrogen-bond acceptors (Lipinski definition) is 5. The summed E-state index contributed by atoms with van der Waals surface area (Å²) in [5.74, 6) is -0.511. The number of benzene rings is 1. The average molecular weight is 336 g/mol. The Labute approximate surface area is 126 Å². The van der Waals surface area contributed by atoms with Crippen LogP contribution in [0.3, 0.4) is 0 Å². The zero-order valence-corrected chi connectivity index (χ0v) is 13.7. The summed E-state index contributed by atoms with van der Waals surface area (Å²) in [5, 5.41) is 0. The Kier molecular flexibility index (Phi) is 6.59. The first-order valence-electron chi connectivity index (χ1n) is 6.26. The van der Waals surface area contributed by atoms with Gasteiger partial charge in [-0.2, -0.15) is 0 Å². The van der Waals surface area contributed by atoms with Gasteiger partial charge in [0.2, 0.25) is 20.0 Å². The van der Waals surface area contributed by atoms with Gasteiger partial charge < -0.3 is 4.74 Å². The van der Waals surface area contributed by atoms with Gasteiger partial charge in [0.1, 0.15) is 0 Å². The number of para-hydroxylation sites is 1. The molecule has 0 spiro atoms. The molecule has 0 fully saturated rings. The maximum Gasteiger partial charge on any atom is 0.236 e. The fraction of sp³-hybridized carbons (Fsp3) is 0.500. The molecular formula is C12H20N2O5S2. The molecular weight excluding hydrogens is 316 g/mol. The van der Waals surface area contributed by atoms with E-state index in [0.29, 0.717) is 5.69 Å². The third kappa shape index (κ3) is 6.00. The molecule has 0 aromatic heterocycles. The van der Waals surface area contributed by atoms with E-state index < -0.39 is 20.0 Å². The lowest BCUT2D eigenvalue weighted by atomic mass is 10.3. The molecule has 7 nitrogen and oxygen atoms in total. The number of anilines is 1. The maximum atomic E-state index is 12.1. The Morgan fingerprint density at radius 3 is 2.29 bits per heavy atom. The van der Waals surface area contributed by atoms with Gasteiger partial charge in [0.25, 0.3) is 0 Å². The van der Waals surface area contributed by atoms with Gasteiger partial charge >= 0.3 is 0 Å². The molecule has 0 aliphatic heterocycles. The first-order valence-corrected chi connectivity index (χ1v) is 9.52. The molecule has 1 N–H and O–H groups in total. The Morgan fingerprint density at radius 2 is 1.71 bits per heavy atom. The van der Waals surface area contributed by atoms with Gasteiger partial charge in [-0.25, -0.2) is 21.6 Å². The highest BCUT2D eigenvalue weighted by atomic mass is 32.2. The fourth-order valence-corrected chi connectivity index (χ4v) is 3.68. The van der Waals surface area contributed by atoms with Crippen molar-refractivity contribution in [3.05, 3.63) is 30.3 Å². The first kappa shape index (κ1) is 17.9. The molecule has 9 heteroatoms. The van der Waals surface area contributed by atoms with Crippen LogP contribution in [0.2, 0.25) is 0 Å². The zero-order chi connectivity index (χ0) is 15.9. The summed E-state index contributed by atoms with van der Waals surface area (Å²) in [7, 11) is -4.26. The summed E-state index contributed by atoms with van der Waals surface area (Å²) in [4.78, 5) is 0. The fourth-order valence-electron chi connectivity index (χ4n) is 1.53. The van der Waals surface area contributed by atoms with Crippen LogP contribution in [0.1, 0.15) is 0 Å². The highest BCUT2D eigenvalue weighted by Gasteiger charge is 2.19. The molecule has 1 rings (SSSR count). The van der Waals surface area contributed by atoms with E-state index in [0.717, 1.165) is 4.31 Å². The number of sulfonamides is 2. The molecule has 21 heavy (non-hydrogen) atoms. The second-order valence-electron chi connectivity index (χ2n) is 4.33. The van der Waals surface area contributed by atoms with Gasteiger partial charge in [-0.3, -0.25) is 4.31 Å². The normalized spacial score (nSPS) is 12.3. The Morgan fingerprint density at radius 1 is 1.10 bits per heavy atom. The summed E-state index contributed by atoms with van der Waals surface area (Å²) < 4.78 is 55.3. The summed E-state index contributed by atoms with van der Waals surface area (Å²) in [6.07, 6.45) is 0. The van der Waals surface area contributed by atoms with Crippen LogP contribution in [0, 0.1) is 0 Å². The lowest BCUT2D eigenvalue weighted by molar-refractivity contribution is 0.217. The van der Waals surface area contributed by atoms with Crippen LogP contribution in [0.25, 0.3) is 0 Å².